The fourth-order valence-corrected chi connectivity index (χ4v) is 1.59. The molecule has 0 aromatic rings. The average molecular weight is 253 g/mol. The number of rotatable bonds is 3. The van der Waals surface area contributed by atoms with Gasteiger partial charge in [-0.15, -0.1) is 0 Å². The van der Waals surface area contributed by atoms with Gasteiger partial charge in [-0.05, 0) is 39.2 Å². The van der Waals surface area contributed by atoms with E-state index in [9.17, 15) is 9.59 Å². The van der Waals surface area contributed by atoms with Gasteiger partial charge in [0.05, 0.1) is 0 Å². The lowest BCUT2D eigenvalue weighted by molar-refractivity contribution is -0.138. The van der Waals surface area contributed by atoms with Crippen LogP contribution in [0, 0.1) is 0 Å². The van der Waals surface area contributed by atoms with Gasteiger partial charge in [0.1, 0.15) is 5.60 Å². The Labute approximate surface area is 107 Å². The number of hydrogen-bond acceptors (Lipinski definition) is 3. The van der Waals surface area contributed by atoms with E-state index in [0.29, 0.717) is 18.4 Å². The van der Waals surface area contributed by atoms with Crippen molar-refractivity contribution in [2.45, 2.75) is 45.3 Å². The summed E-state index contributed by atoms with van der Waals surface area (Å²) in [5.41, 5.74) is 0.0319. The van der Waals surface area contributed by atoms with Gasteiger partial charge >= 0.3 is 12.1 Å². The van der Waals surface area contributed by atoms with E-state index >= 15 is 0 Å². The van der Waals surface area contributed by atoms with E-state index in [0.717, 1.165) is 0 Å². The first-order chi connectivity index (χ1) is 8.29. The Morgan fingerprint density at radius 1 is 1.39 bits per heavy atom. The van der Waals surface area contributed by atoms with Crippen LogP contribution in [0.25, 0.3) is 0 Å². The second-order valence-corrected chi connectivity index (χ2v) is 5.11. The van der Waals surface area contributed by atoms with Gasteiger partial charge in [-0.1, -0.05) is 18.2 Å². The quantitative estimate of drug-likeness (QED) is 0.756. The van der Waals surface area contributed by atoms with Crippen LogP contribution in [-0.2, 0) is 9.53 Å². The summed E-state index contributed by atoms with van der Waals surface area (Å²) in [7, 11) is 0. The number of allylic oxidation sites excluding steroid dienone is 3. The minimum absolute atomic E-state index is 0.534. The Morgan fingerprint density at radius 2 is 2.06 bits per heavy atom. The van der Waals surface area contributed by atoms with Crippen LogP contribution in [0.4, 0.5) is 4.79 Å². The van der Waals surface area contributed by atoms with E-state index in [1.54, 1.807) is 20.8 Å². The number of carboxylic acids is 1. The number of ether oxygens (including phenoxy) is 1. The Balaban J connectivity index is 2.67. The number of amides is 1. The predicted octanol–water partition coefficient (Wildman–Crippen LogP) is 2.24. The maximum atomic E-state index is 11.6. The van der Waals surface area contributed by atoms with Gasteiger partial charge in [0.25, 0.3) is 0 Å². The molecule has 0 aromatic carbocycles. The first-order valence-corrected chi connectivity index (χ1v) is 5.86. The van der Waals surface area contributed by atoms with Crippen molar-refractivity contribution >= 4 is 12.1 Å². The minimum Gasteiger partial charge on any atom is -0.479 e. The van der Waals surface area contributed by atoms with Gasteiger partial charge < -0.3 is 15.2 Å². The molecule has 100 valence electrons. The molecule has 1 aliphatic carbocycles. The zero-order valence-corrected chi connectivity index (χ0v) is 10.9. The summed E-state index contributed by atoms with van der Waals surface area (Å²) in [6.45, 7) is 5.18. The third-order valence-corrected chi connectivity index (χ3v) is 2.32. The molecule has 0 bridgehead atoms. The standard InChI is InChI=1S/C13H19NO4/c1-13(2,3)18-12(17)14-10(11(15)16)9-7-5-4-6-8-9/h4-5,8,10H,6-7H2,1-3H3,(H,14,17)(H,15,16). The molecule has 18 heavy (non-hydrogen) atoms. The van der Waals surface area contributed by atoms with Crippen molar-refractivity contribution in [1.82, 2.24) is 5.32 Å². The van der Waals surface area contributed by atoms with Crippen LogP contribution in [0.2, 0.25) is 0 Å². The molecule has 0 saturated carbocycles. The third kappa shape index (κ3) is 4.61. The van der Waals surface area contributed by atoms with Crippen molar-refractivity contribution in [3.63, 3.8) is 0 Å². The number of carbonyl (C=O) groups excluding carboxylic acids is 1. The highest BCUT2D eigenvalue weighted by atomic mass is 16.6. The minimum atomic E-state index is -1.08. The molecule has 0 aromatic heterocycles. The molecule has 2 N–H and O–H groups in total. The van der Waals surface area contributed by atoms with Crippen LogP contribution >= 0.6 is 0 Å². The van der Waals surface area contributed by atoms with Gasteiger partial charge in [0.15, 0.2) is 6.04 Å². The molecule has 0 aliphatic heterocycles. The van der Waals surface area contributed by atoms with Crippen molar-refractivity contribution < 1.29 is 19.4 Å². The SMILES string of the molecule is CC(C)(C)OC(=O)NC(C(=O)O)C1=CCC=CC1. The van der Waals surface area contributed by atoms with Crippen LogP contribution < -0.4 is 5.32 Å². The Bertz CT molecular complexity index is 390. The van der Waals surface area contributed by atoms with Crippen LogP contribution in [0.1, 0.15) is 33.6 Å². The molecule has 0 fully saturated rings. The van der Waals surface area contributed by atoms with Crippen LogP contribution in [-0.4, -0.2) is 28.8 Å². The molecule has 5 heteroatoms. The predicted molar refractivity (Wildman–Crippen MR) is 67.3 cm³/mol. The average Bonchev–Trinajstić information content (AvgIpc) is 2.24. The molecule has 1 amide bonds. The number of carbonyl (C=O) groups is 2. The van der Waals surface area contributed by atoms with Crippen LogP contribution in [0.15, 0.2) is 23.8 Å². The normalized spacial score (nSPS) is 16.7. The zero-order valence-electron chi connectivity index (χ0n) is 10.9. The van der Waals surface area contributed by atoms with Crippen molar-refractivity contribution in [3.8, 4) is 0 Å². The highest BCUT2D eigenvalue weighted by molar-refractivity contribution is 5.83. The fourth-order valence-electron chi connectivity index (χ4n) is 1.59. The number of nitrogens with one attached hydrogen (secondary N) is 1. The molecule has 0 heterocycles. The second kappa shape index (κ2) is 5.71. The summed E-state index contributed by atoms with van der Waals surface area (Å²) < 4.78 is 5.05. The molecule has 0 saturated heterocycles. The van der Waals surface area contributed by atoms with Crippen LogP contribution in [0.3, 0.4) is 0 Å². The van der Waals surface area contributed by atoms with Gasteiger partial charge in [-0.2, -0.15) is 0 Å². The van der Waals surface area contributed by atoms with Gasteiger partial charge in [0.2, 0.25) is 0 Å². The highest BCUT2D eigenvalue weighted by Gasteiger charge is 2.26. The summed E-state index contributed by atoms with van der Waals surface area (Å²) in [4.78, 5) is 22.7. The summed E-state index contributed by atoms with van der Waals surface area (Å²) >= 11 is 0. The zero-order chi connectivity index (χ0) is 13.8. The molecular weight excluding hydrogens is 234 g/mol. The van der Waals surface area contributed by atoms with Crippen molar-refractivity contribution in [3.05, 3.63) is 23.8 Å². The number of alkyl carbamates (subject to hydrolysis) is 1. The summed E-state index contributed by atoms with van der Waals surface area (Å²) in [5.74, 6) is -1.08. The second-order valence-electron chi connectivity index (χ2n) is 5.11. The van der Waals surface area contributed by atoms with Crippen molar-refractivity contribution in [1.29, 1.82) is 0 Å². The maximum absolute atomic E-state index is 11.6. The largest absolute Gasteiger partial charge is 0.479 e. The van der Waals surface area contributed by atoms with E-state index in [1.165, 1.54) is 0 Å². The van der Waals surface area contributed by atoms with Crippen LogP contribution in [0.5, 0.6) is 0 Å². The fraction of sp³-hybridized carbons (Fsp3) is 0.538. The van der Waals surface area contributed by atoms with E-state index < -0.39 is 23.7 Å². The van der Waals surface area contributed by atoms with E-state index in [2.05, 4.69) is 5.32 Å². The summed E-state index contributed by atoms with van der Waals surface area (Å²) in [6, 6.07) is -1.02. The lowest BCUT2D eigenvalue weighted by atomic mass is 9.99. The summed E-state index contributed by atoms with van der Waals surface area (Å²) in [5, 5.41) is 11.5. The Kier molecular flexibility index (Phi) is 4.53. The Morgan fingerprint density at radius 3 is 2.50 bits per heavy atom. The van der Waals surface area contributed by atoms with E-state index in [1.807, 2.05) is 18.2 Å². The maximum Gasteiger partial charge on any atom is 0.408 e. The Hall–Kier alpha value is -1.78. The molecule has 1 unspecified atom stereocenters. The molecule has 1 aliphatic rings. The summed E-state index contributed by atoms with van der Waals surface area (Å²) in [6.07, 6.45) is 6.17. The lowest BCUT2D eigenvalue weighted by Gasteiger charge is -2.23. The topological polar surface area (TPSA) is 75.6 Å². The lowest BCUT2D eigenvalue weighted by Crippen LogP contribution is -2.44. The van der Waals surface area contributed by atoms with Gasteiger partial charge in [-0.3, -0.25) is 0 Å². The molecular formula is C13H19NO4. The van der Waals surface area contributed by atoms with Gasteiger partial charge in [0, 0.05) is 0 Å². The van der Waals surface area contributed by atoms with E-state index in [4.69, 9.17) is 9.84 Å². The molecule has 5 nitrogen and oxygen atoms in total. The first kappa shape index (κ1) is 14.3. The molecule has 0 spiro atoms. The van der Waals surface area contributed by atoms with Crippen molar-refractivity contribution in [2.75, 3.05) is 0 Å². The number of carboxylic acid groups (broad SMARTS) is 1. The van der Waals surface area contributed by atoms with Gasteiger partial charge in [-0.25, -0.2) is 9.59 Å². The first-order valence-electron chi connectivity index (χ1n) is 5.86. The molecule has 0 radical (unpaired) electrons. The van der Waals surface area contributed by atoms with E-state index in [-0.39, 0.29) is 0 Å². The number of aliphatic carboxylic acids is 1. The molecule has 1 atom stereocenters. The van der Waals surface area contributed by atoms with Crippen molar-refractivity contribution in [2.24, 2.45) is 0 Å². The number of hydrogen-bond donors (Lipinski definition) is 2. The molecule has 1 rings (SSSR count). The smallest absolute Gasteiger partial charge is 0.408 e. The monoisotopic (exact) mass is 253 g/mol. The highest BCUT2D eigenvalue weighted by Crippen LogP contribution is 2.16. The third-order valence-electron chi connectivity index (χ3n) is 2.32.